The fourth-order valence-electron chi connectivity index (χ4n) is 4.71. The molecule has 0 aromatic heterocycles. The van der Waals surface area contributed by atoms with Crippen LogP contribution in [-0.4, -0.2) is 12.7 Å². The van der Waals surface area contributed by atoms with Gasteiger partial charge in [0.05, 0.1) is 12.7 Å². The largest absolute Gasteiger partial charge is 0.374 e. The molecule has 0 N–H and O–H groups in total. The zero-order valence-corrected chi connectivity index (χ0v) is 19.9. The molecule has 3 aromatic rings. The van der Waals surface area contributed by atoms with E-state index in [1.807, 2.05) is 12.1 Å². The summed E-state index contributed by atoms with van der Waals surface area (Å²) in [7, 11) is 0. The minimum absolute atomic E-state index is 0.0572. The van der Waals surface area contributed by atoms with Crippen LogP contribution in [0.5, 0.6) is 0 Å². The van der Waals surface area contributed by atoms with Crippen molar-refractivity contribution in [2.75, 3.05) is 6.61 Å². The number of hydrogen-bond donors (Lipinski definition) is 0. The van der Waals surface area contributed by atoms with Crippen molar-refractivity contribution >= 4 is 0 Å². The standard InChI is InChI=1S/C30H30F4O/c1-3-5-19-6-10-21(11-7-19)24-16-17-26(30(34)28(24)32)25-15-13-22(27(31)29(25)33)12-8-20-9-14-23(4-2)35-18-20/h4,6-7,10-11,13,15-17,20,23H,2-3,5,8-9,12,14,18H2,1H3. The van der Waals surface area contributed by atoms with Crippen molar-refractivity contribution in [2.24, 2.45) is 5.92 Å². The molecule has 1 aliphatic heterocycles. The lowest BCUT2D eigenvalue weighted by Gasteiger charge is -2.27. The van der Waals surface area contributed by atoms with Gasteiger partial charge in [0.15, 0.2) is 23.3 Å². The molecular weight excluding hydrogens is 452 g/mol. The topological polar surface area (TPSA) is 9.23 Å². The van der Waals surface area contributed by atoms with Crippen molar-refractivity contribution in [1.29, 1.82) is 0 Å². The highest BCUT2D eigenvalue weighted by Gasteiger charge is 2.23. The molecule has 3 aromatic carbocycles. The Kier molecular flexibility index (Phi) is 8.07. The Bertz CT molecular complexity index is 1180. The lowest BCUT2D eigenvalue weighted by atomic mass is 9.91. The third-order valence-electron chi connectivity index (χ3n) is 6.83. The van der Waals surface area contributed by atoms with Gasteiger partial charge in [-0.2, -0.15) is 0 Å². The summed E-state index contributed by atoms with van der Waals surface area (Å²) in [6, 6.07) is 12.8. The Morgan fingerprint density at radius 2 is 1.43 bits per heavy atom. The summed E-state index contributed by atoms with van der Waals surface area (Å²) in [6.45, 7) is 6.37. The van der Waals surface area contributed by atoms with Crippen LogP contribution in [0.25, 0.3) is 22.3 Å². The average Bonchev–Trinajstić information content (AvgIpc) is 2.88. The minimum atomic E-state index is -1.19. The summed E-state index contributed by atoms with van der Waals surface area (Å²) in [5, 5.41) is 0. The zero-order chi connectivity index (χ0) is 24.9. The molecule has 2 unspecified atom stereocenters. The second-order valence-electron chi connectivity index (χ2n) is 9.23. The fourth-order valence-corrected chi connectivity index (χ4v) is 4.71. The van der Waals surface area contributed by atoms with Crippen LogP contribution in [0.2, 0.25) is 0 Å². The predicted molar refractivity (Wildman–Crippen MR) is 132 cm³/mol. The molecule has 184 valence electrons. The van der Waals surface area contributed by atoms with Crippen molar-refractivity contribution in [3.05, 3.63) is 95.6 Å². The zero-order valence-electron chi connectivity index (χ0n) is 19.9. The van der Waals surface area contributed by atoms with Crippen LogP contribution in [0.3, 0.4) is 0 Å². The summed E-state index contributed by atoms with van der Waals surface area (Å²) < 4.78 is 65.5. The summed E-state index contributed by atoms with van der Waals surface area (Å²) in [6.07, 6.45) is 6.55. The van der Waals surface area contributed by atoms with Crippen LogP contribution in [0.15, 0.2) is 61.2 Å². The van der Waals surface area contributed by atoms with Crippen LogP contribution < -0.4 is 0 Å². The van der Waals surface area contributed by atoms with Crippen molar-refractivity contribution < 1.29 is 22.3 Å². The van der Waals surface area contributed by atoms with Crippen molar-refractivity contribution in [3.63, 3.8) is 0 Å². The SMILES string of the molecule is C=CC1CCC(CCc2ccc(-c3ccc(-c4ccc(CCC)cc4)c(F)c3F)c(F)c2F)CO1. The highest BCUT2D eigenvalue weighted by atomic mass is 19.2. The molecule has 0 amide bonds. The molecule has 4 rings (SSSR count). The maximum atomic E-state index is 15.0. The predicted octanol–water partition coefficient (Wildman–Crippen LogP) is 8.44. The highest BCUT2D eigenvalue weighted by molar-refractivity contribution is 5.72. The first-order valence-corrected chi connectivity index (χ1v) is 12.2. The van der Waals surface area contributed by atoms with E-state index in [4.69, 9.17) is 4.74 Å². The molecule has 1 heterocycles. The lowest BCUT2D eigenvalue weighted by molar-refractivity contribution is 0.00880. The number of hydrogen-bond acceptors (Lipinski definition) is 1. The third kappa shape index (κ3) is 5.51. The maximum Gasteiger partial charge on any atom is 0.167 e. The van der Waals surface area contributed by atoms with E-state index in [0.717, 1.165) is 31.2 Å². The summed E-state index contributed by atoms with van der Waals surface area (Å²) >= 11 is 0. The highest BCUT2D eigenvalue weighted by Crippen LogP contribution is 2.34. The van der Waals surface area contributed by atoms with E-state index in [-0.39, 0.29) is 34.3 Å². The molecule has 1 aliphatic rings. The fraction of sp³-hybridized carbons (Fsp3) is 0.333. The van der Waals surface area contributed by atoms with Crippen LogP contribution in [0, 0.1) is 29.2 Å². The van der Waals surface area contributed by atoms with Gasteiger partial charge in [-0.3, -0.25) is 0 Å². The smallest absolute Gasteiger partial charge is 0.167 e. The molecular formula is C30H30F4O. The molecule has 35 heavy (non-hydrogen) atoms. The molecule has 0 aliphatic carbocycles. The Morgan fingerprint density at radius 3 is 2.06 bits per heavy atom. The summed E-state index contributed by atoms with van der Waals surface area (Å²) in [5.74, 6) is -4.18. The Labute approximate surface area is 204 Å². The second kappa shape index (κ2) is 11.2. The first-order valence-electron chi connectivity index (χ1n) is 12.2. The molecule has 2 atom stereocenters. The van der Waals surface area contributed by atoms with Gasteiger partial charge in [-0.1, -0.05) is 68.0 Å². The molecule has 1 nitrogen and oxygen atoms in total. The molecule has 0 radical (unpaired) electrons. The van der Waals surface area contributed by atoms with Crippen LogP contribution in [0.4, 0.5) is 17.6 Å². The van der Waals surface area contributed by atoms with Gasteiger partial charge in [0.25, 0.3) is 0 Å². The van der Waals surface area contributed by atoms with Gasteiger partial charge in [-0.15, -0.1) is 6.58 Å². The normalized spacial score (nSPS) is 18.0. The molecule has 0 bridgehead atoms. The van der Waals surface area contributed by atoms with Crippen molar-refractivity contribution in [3.8, 4) is 22.3 Å². The number of halogens is 4. The van der Waals surface area contributed by atoms with Gasteiger partial charge in [-0.05, 0) is 54.7 Å². The summed E-state index contributed by atoms with van der Waals surface area (Å²) in [5.41, 5.74) is 1.36. The first kappa shape index (κ1) is 25.2. The van der Waals surface area contributed by atoms with Gasteiger partial charge in [-0.25, -0.2) is 17.6 Å². The van der Waals surface area contributed by atoms with Gasteiger partial charge in [0, 0.05) is 16.7 Å². The van der Waals surface area contributed by atoms with E-state index in [2.05, 4.69) is 13.5 Å². The molecule has 1 saturated heterocycles. The van der Waals surface area contributed by atoms with E-state index in [1.165, 1.54) is 24.3 Å². The van der Waals surface area contributed by atoms with Gasteiger partial charge < -0.3 is 4.74 Å². The Hall–Kier alpha value is -2.92. The second-order valence-corrected chi connectivity index (χ2v) is 9.23. The number of benzene rings is 3. The quantitative estimate of drug-likeness (QED) is 0.231. The van der Waals surface area contributed by atoms with Crippen molar-refractivity contribution in [1.82, 2.24) is 0 Å². The van der Waals surface area contributed by atoms with Gasteiger partial charge >= 0.3 is 0 Å². The van der Waals surface area contributed by atoms with E-state index in [9.17, 15) is 13.2 Å². The van der Waals surface area contributed by atoms with Crippen LogP contribution in [-0.2, 0) is 17.6 Å². The molecule has 1 fully saturated rings. The first-order chi connectivity index (χ1) is 16.9. The minimum Gasteiger partial charge on any atom is -0.374 e. The average molecular weight is 483 g/mol. The number of rotatable bonds is 8. The molecule has 5 heteroatoms. The van der Waals surface area contributed by atoms with E-state index < -0.39 is 23.3 Å². The number of ether oxygens (including phenoxy) is 1. The molecule has 0 saturated carbocycles. The third-order valence-corrected chi connectivity index (χ3v) is 6.83. The monoisotopic (exact) mass is 482 g/mol. The maximum absolute atomic E-state index is 15.0. The van der Waals surface area contributed by atoms with Crippen LogP contribution in [0.1, 0.15) is 43.7 Å². The number of aryl methyl sites for hydroxylation is 2. The lowest BCUT2D eigenvalue weighted by Crippen LogP contribution is -2.24. The van der Waals surface area contributed by atoms with E-state index >= 15 is 4.39 Å². The van der Waals surface area contributed by atoms with E-state index in [0.29, 0.717) is 25.0 Å². The van der Waals surface area contributed by atoms with Gasteiger partial charge in [0.2, 0.25) is 0 Å². The van der Waals surface area contributed by atoms with E-state index in [1.54, 1.807) is 18.2 Å². The van der Waals surface area contributed by atoms with Crippen molar-refractivity contribution in [2.45, 2.75) is 51.6 Å². The Balaban J connectivity index is 1.53. The Morgan fingerprint density at radius 1 is 0.800 bits per heavy atom. The van der Waals surface area contributed by atoms with Gasteiger partial charge in [0.1, 0.15) is 0 Å². The van der Waals surface area contributed by atoms with Crippen LogP contribution >= 0.6 is 0 Å². The molecule has 0 spiro atoms. The summed E-state index contributed by atoms with van der Waals surface area (Å²) in [4.78, 5) is 0.